The van der Waals surface area contributed by atoms with Crippen LogP contribution in [-0.4, -0.2) is 13.2 Å². The minimum atomic E-state index is -0.313. The fraction of sp³-hybridized carbons (Fsp3) is 0.500. The van der Waals surface area contributed by atoms with Crippen molar-refractivity contribution >= 4 is 0 Å². The van der Waals surface area contributed by atoms with Gasteiger partial charge in [0, 0.05) is 6.04 Å². The van der Waals surface area contributed by atoms with E-state index in [1.54, 1.807) is 6.07 Å². The van der Waals surface area contributed by atoms with Gasteiger partial charge in [0.1, 0.15) is 0 Å². The maximum absolute atomic E-state index is 13.3. The van der Waals surface area contributed by atoms with Crippen LogP contribution in [-0.2, 0) is 6.42 Å². The van der Waals surface area contributed by atoms with Crippen LogP contribution in [0.1, 0.15) is 19.4 Å². The van der Waals surface area contributed by atoms with Crippen molar-refractivity contribution in [3.63, 3.8) is 0 Å². The van der Waals surface area contributed by atoms with Crippen molar-refractivity contribution in [3.8, 4) is 5.75 Å². The summed E-state index contributed by atoms with van der Waals surface area (Å²) < 4.78 is 18.2. The summed E-state index contributed by atoms with van der Waals surface area (Å²) in [5.41, 5.74) is 6.72. The Labute approximate surface area is 90.2 Å². The molecule has 0 bridgehead atoms. The van der Waals surface area contributed by atoms with Crippen molar-refractivity contribution in [3.05, 3.63) is 29.6 Å². The molecule has 1 aromatic carbocycles. The summed E-state index contributed by atoms with van der Waals surface area (Å²) in [6.07, 6.45) is 0.790. The first-order chi connectivity index (χ1) is 7.04. The Hall–Kier alpha value is -1.09. The van der Waals surface area contributed by atoms with Gasteiger partial charge in [-0.1, -0.05) is 13.0 Å². The Morgan fingerprint density at radius 3 is 2.53 bits per heavy atom. The van der Waals surface area contributed by atoms with Crippen LogP contribution in [0.3, 0.4) is 0 Å². The predicted molar refractivity (Wildman–Crippen MR) is 59.5 cm³/mol. The number of ether oxygens (including phenoxy) is 1. The molecule has 1 aromatic rings. The molecule has 2 atom stereocenters. The van der Waals surface area contributed by atoms with Crippen LogP contribution in [0.25, 0.3) is 0 Å². The van der Waals surface area contributed by atoms with Crippen molar-refractivity contribution in [2.45, 2.75) is 26.3 Å². The number of halogens is 1. The molecule has 0 amide bonds. The number of hydrogen-bond donors (Lipinski definition) is 1. The molecule has 0 spiro atoms. The average Bonchev–Trinajstić information content (AvgIpc) is 2.18. The molecule has 15 heavy (non-hydrogen) atoms. The van der Waals surface area contributed by atoms with E-state index >= 15 is 0 Å². The van der Waals surface area contributed by atoms with E-state index in [9.17, 15) is 4.39 Å². The minimum absolute atomic E-state index is 0.121. The second kappa shape index (κ2) is 5.12. The number of rotatable bonds is 4. The van der Waals surface area contributed by atoms with Crippen LogP contribution >= 0.6 is 0 Å². The monoisotopic (exact) mass is 211 g/mol. The standard InChI is InChI=1S/C12H18FNO/c1-8(9(2)14)6-10-4-5-12(15-3)11(13)7-10/h4-5,7-9H,6,14H2,1-3H3. The number of benzene rings is 1. The van der Waals surface area contributed by atoms with Gasteiger partial charge < -0.3 is 10.5 Å². The third-order valence-electron chi connectivity index (χ3n) is 2.67. The molecular weight excluding hydrogens is 193 g/mol. The molecule has 2 N–H and O–H groups in total. The van der Waals surface area contributed by atoms with Gasteiger partial charge in [-0.3, -0.25) is 0 Å². The zero-order chi connectivity index (χ0) is 11.4. The van der Waals surface area contributed by atoms with Crippen molar-refractivity contribution in [1.82, 2.24) is 0 Å². The number of nitrogens with two attached hydrogens (primary N) is 1. The molecule has 0 radical (unpaired) electrons. The molecule has 0 saturated heterocycles. The molecule has 0 aliphatic rings. The highest BCUT2D eigenvalue weighted by atomic mass is 19.1. The fourth-order valence-electron chi connectivity index (χ4n) is 1.39. The Bertz CT molecular complexity index is 325. The molecule has 0 aromatic heterocycles. The largest absolute Gasteiger partial charge is 0.494 e. The molecule has 0 saturated carbocycles. The van der Waals surface area contributed by atoms with Gasteiger partial charge in [0.15, 0.2) is 11.6 Å². The lowest BCUT2D eigenvalue weighted by molar-refractivity contribution is 0.385. The lowest BCUT2D eigenvalue weighted by Gasteiger charge is -2.15. The van der Waals surface area contributed by atoms with Crippen molar-refractivity contribution in [2.24, 2.45) is 11.7 Å². The van der Waals surface area contributed by atoms with E-state index in [0.717, 1.165) is 12.0 Å². The molecule has 1 rings (SSSR count). The van der Waals surface area contributed by atoms with E-state index in [0.29, 0.717) is 5.92 Å². The van der Waals surface area contributed by atoms with Crippen LogP contribution in [0.4, 0.5) is 4.39 Å². The molecule has 84 valence electrons. The topological polar surface area (TPSA) is 35.2 Å². The second-order valence-electron chi connectivity index (χ2n) is 4.01. The van der Waals surface area contributed by atoms with Gasteiger partial charge in [-0.25, -0.2) is 4.39 Å². The van der Waals surface area contributed by atoms with Gasteiger partial charge in [0.25, 0.3) is 0 Å². The van der Waals surface area contributed by atoms with E-state index in [-0.39, 0.29) is 17.6 Å². The minimum Gasteiger partial charge on any atom is -0.494 e. The zero-order valence-electron chi connectivity index (χ0n) is 9.46. The Morgan fingerprint density at radius 2 is 2.07 bits per heavy atom. The van der Waals surface area contributed by atoms with E-state index in [1.807, 2.05) is 13.0 Å². The Kier molecular flexibility index (Phi) is 4.09. The highest BCUT2D eigenvalue weighted by Crippen LogP contribution is 2.20. The molecule has 0 aliphatic carbocycles. The first-order valence-electron chi connectivity index (χ1n) is 5.12. The lowest BCUT2D eigenvalue weighted by atomic mass is 9.95. The van der Waals surface area contributed by atoms with E-state index in [1.165, 1.54) is 13.2 Å². The molecule has 2 nitrogen and oxygen atoms in total. The first kappa shape index (κ1) is 12.0. The molecule has 0 aliphatic heterocycles. The molecule has 0 fully saturated rings. The van der Waals surface area contributed by atoms with Gasteiger partial charge in [-0.05, 0) is 37.0 Å². The van der Waals surface area contributed by atoms with Crippen molar-refractivity contribution < 1.29 is 9.13 Å². The zero-order valence-corrected chi connectivity index (χ0v) is 9.46. The highest BCUT2D eigenvalue weighted by molar-refractivity contribution is 5.29. The van der Waals surface area contributed by atoms with Crippen molar-refractivity contribution in [1.29, 1.82) is 0 Å². The Morgan fingerprint density at radius 1 is 1.40 bits per heavy atom. The smallest absolute Gasteiger partial charge is 0.165 e. The average molecular weight is 211 g/mol. The van der Waals surface area contributed by atoms with E-state index in [4.69, 9.17) is 10.5 Å². The quantitative estimate of drug-likeness (QED) is 0.829. The van der Waals surface area contributed by atoms with Gasteiger partial charge in [0.05, 0.1) is 7.11 Å². The number of hydrogen-bond acceptors (Lipinski definition) is 2. The summed E-state index contributed by atoms with van der Waals surface area (Å²) in [5.74, 6) is 0.317. The summed E-state index contributed by atoms with van der Waals surface area (Å²) in [5, 5.41) is 0. The summed E-state index contributed by atoms with van der Waals surface area (Å²) >= 11 is 0. The Balaban J connectivity index is 2.75. The summed E-state index contributed by atoms with van der Waals surface area (Å²) in [7, 11) is 1.46. The maximum Gasteiger partial charge on any atom is 0.165 e. The van der Waals surface area contributed by atoms with E-state index in [2.05, 4.69) is 6.92 Å². The molecule has 3 heteroatoms. The molecule has 2 unspecified atom stereocenters. The molecule has 0 heterocycles. The van der Waals surface area contributed by atoms with Gasteiger partial charge in [0.2, 0.25) is 0 Å². The summed E-state index contributed by atoms with van der Waals surface area (Å²) in [6, 6.07) is 5.16. The van der Waals surface area contributed by atoms with Gasteiger partial charge in [-0.15, -0.1) is 0 Å². The van der Waals surface area contributed by atoms with Crippen molar-refractivity contribution in [2.75, 3.05) is 7.11 Å². The third kappa shape index (κ3) is 3.20. The van der Waals surface area contributed by atoms with Crippen LogP contribution in [0.5, 0.6) is 5.75 Å². The normalized spacial score (nSPS) is 14.7. The predicted octanol–water partition coefficient (Wildman–Crippen LogP) is 2.36. The fourth-order valence-corrected chi connectivity index (χ4v) is 1.39. The highest BCUT2D eigenvalue weighted by Gasteiger charge is 2.10. The summed E-state index contributed by atoms with van der Waals surface area (Å²) in [4.78, 5) is 0. The first-order valence-corrected chi connectivity index (χ1v) is 5.12. The molecular formula is C12H18FNO. The van der Waals surface area contributed by atoms with Crippen LogP contribution < -0.4 is 10.5 Å². The van der Waals surface area contributed by atoms with Crippen LogP contribution in [0.2, 0.25) is 0 Å². The SMILES string of the molecule is COc1ccc(CC(C)C(C)N)cc1F. The second-order valence-corrected chi connectivity index (χ2v) is 4.01. The van der Waals surface area contributed by atoms with Crippen LogP contribution in [0, 0.1) is 11.7 Å². The van der Waals surface area contributed by atoms with Gasteiger partial charge >= 0.3 is 0 Å². The maximum atomic E-state index is 13.3. The van der Waals surface area contributed by atoms with E-state index < -0.39 is 0 Å². The van der Waals surface area contributed by atoms with Gasteiger partial charge in [-0.2, -0.15) is 0 Å². The summed E-state index contributed by atoms with van der Waals surface area (Å²) in [6.45, 7) is 4.03. The van der Waals surface area contributed by atoms with Crippen LogP contribution in [0.15, 0.2) is 18.2 Å². The number of methoxy groups -OCH3 is 1. The lowest BCUT2D eigenvalue weighted by Crippen LogP contribution is -2.25. The third-order valence-corrected chi connectivity index (χ3v) is 2.67.